The zero-order valence-corrected chi connectivity index (χ0v) is 7.56. The van der Waals surface area contributed by atoms with E-state index in [9.17, 15) is 0 Å². The molecule has 0 bridgehead atoms. The number of nitrogens with zero attached hydrogens (tertiary/aromatic N) is 1. The standard InChI is InChI=1S/C9H18N2/c1-3-4-5-11-7-9(2)6-10-8-11/h7,10H,3-6,8H2,1-2H3. The Morgan fingerprint density at radius 1 is 1.64 bits per heavy atom. The summed E-state index contributed by atoms with van der Waals surface area (Å²) in [6, 6.07) is 0. The van der Waals surface area contributed by atoms with Crippen molar-refractivity contribution in [1.82, 2.24) is 10.2 Å². The van der Waals surface area contributed by atoms with E-state index in [1.165, 1.54) is 25.0 Å². The van der Waals surface area contributed by atoms with Gasteiger partial charge in [-0.3, -0.25) is 5.32 Å². The van der Waals surface area contributed by atoms with Gasteiger partial charge in [-0.05, 0) is 18.9 Å². The molecule has 0 aliphatic carbocycles. The third-order valence-electron chi connectivity index (χ3n) is 1.92. The predicted octanol–water partition coefficient (Wildman–Crippen LogP) is 1.55. The summed E-state index contributed by atoms with van der Waals surface area (Å²) in [5.41, 5.74) is 1.44. The molecule has 0 aromatic rings. The van der Waals surface area contributed by atoms with Gasteiger partial charge in [0.1, 0.15) is 0 Å². The summed E-state index contributed by atoms with van der Waals surface area (Å²) in [4.78, 5) is 2.35. The lowest BCUT2D eigenvalue weighted by atomic mass is 10.2. The summed E-state index contributed by atoms with van der Waals surface area (Å²) in [6.07, 6.45) is 4.85. The molecule has 1 N–H and O–H groups in total. The Bertz CT molecular complexity index is 140. The second-order valence-electron chi connectivity index (χ2n) is 3.23. The van der Waals surface area contributed by atoms with Crippen LogP contribution in [0.15, 0.2) is 11.8 Å². The quantitative estimate of drug-likeness (QED) is 0.663. The van der Waals surface area contributed by atoms with Gasteiger partial charge in [0.15, 0.2) is 0 Å². The Balaban J connectivity index is 2.28. The zero-order valence-electron chi connectivity index (χ0n) is 7.56. The van der Waals surface area contributed by atoms with Crippen LogP contribution in [-0.2, 0) is 0 Å². The molecule has 64 valence electrons. The molecule has 2 nitrogen and oxygen atoms in total. The third kappa shape index (κ3) is 2.93. The van der Waals surface area contributed by atoms with E-state index in [-0.39, 0.29) is 0 Å². The van der Waals surface area contributed by atoms with Gasteiger partial charge >= 0.3 is 0 Å². The molecule has 0 amide bonds. The second kappa shape index (κ2) is 4.39. The molecule has 0 aromatic heterocycles. The fraction of sp³-hybridized carbons (Fsp3) is 0.778. The first kappa shape index (κ1) is 8.60. The molecule has 0 saturated carbocycles. The van der Waals surface area contributed by atoms with E-state index in [4.69, 9.17) is 0 Å². The van der Waals surface area contributed by atoms with Gasteiger partial charge in [-0.1, -0.05) is 13.3 Å². The lowest BCUT2D eigenvalue weighted by Gasteiger charge is -2.26. The lowest BCUT2D eigenvalue weighted by molar-refractivity contribution is 0.323. The van der Waals surface area contributed by atoms with Gasteiger partial charge in [-0.15, -0.1) is 0 Å². The zero-order chi connectivity index (χ0) is 8.10. The molecule has 1 heterocycles. The smallest absolute Gasteiger partial charge is 0.0678 e. The molecule has 0 radical (unpaired) electrons. The highest BCUT2D eigenvalue weighted by molar-refractivity contribution is 5.02. The van der Waals surface area contributed by atoms with E-state index in [0.29, 0.717) is 0 Å². The van der Waals surface area contributed by atoms with Gasteiger partial charge in [0, 0.05) is 19.3 Å². The molecule has 0 fully saturated rings. The molecule has 2 heteroatoms. The largest absolute Gasteiger partial charge is 0.365 e. The van der Waals surface area contributed by atoms with Gasteiger partial charge in [0.25, 0.3) is 0 Å². The van der Waals surface area contributed by atoms with Crippen molar-refractivity contribution in [1.29, 1.82) is 0 Å². The lowest BCUT2D eigenvalue weighted by Crippen LogP contribution is -2.36. The van der Waals surface area contributed by atoms with Crippen molar-refractivity contribution in [2.45, 2.75) is 26.7 Å². The molecule has 11 heavy (non-hydrogen) atoms. The van der Waals surface area contributed by atoms with Gasteiger partial charge < -0.3 is 4.90 Å². The topological polar surface area (TPSA) is 15.3 Å². The summed E-state index contributed by atoms with van der Waals surface area (Å²) in [7, 11) is 0. The molecule has 1 aliphatic heterocycles. The van der Waals surface area contributed by atoms with Crippen LogP contribution in [0.2, 0.25) is 0 Å². The maximum atomic E-state index is 3.35. The highest BCUT2D eigenvalue weighted by atomic mass is 15.2. The van der Waals surface area contributed by atoms with Crippen molar-refractivity contribution in [3.63, 3.8) is 0 Å². The average Bonchev–Trinajstić information content (AvgIpc) is 2.01. The Morgan fingerprint density at radius 3 is 3.09 bits per heavy atom. The van der Waals surface area contributed by atoms with E-state index >= 15 is 0 Å². The van der Waals surface area contributed by atoms with E-state index in [2.05, 4.69) is 30.3 Å². The highest BCUT2D eigenvalue weighted by Crippen LogP contribution is 2.02. The van der Waals surface area contributed by atoms with Crippen LogP contribution in [0.25, 0.3) is 0 Å². The maximum absolute atomic E-state index is 3.35. The van der Waals surface area contributed by atoms with E-state index in [1.807, 2.05) is 0 Å². The minimum Gasteiger partial charge on any atom is -0.365 e. The molecular weight excluding hydrogens is 136 g/mol. The molecule has 0 atom stereocenters. The van der Waals surface area contributed by atoms with Crippen LogP contribution in [0.5, 0.6) is 0 Å². The number of nitrogens with one attached hydrogen (secondary N) is 1. The average molecular weight is 154 g/mol. The molecule has 0 spiro atoms. The van der Waals surface area contributed by atoms with Gasteiger partial charge in [-0.2, -0.15) is 0 Å². The molecule has 0 aromatic carbocycles. The first-order valence-corrected chi connectivity index (χ1v) is 4.45. The first-order valence-electron chi connectivity index (χ1n) is 4.45. The van der Waals surface area contributed by atoms with Crippen LogP contribution in [-0.4, -0.2) is 24.7 Å². The summed E-state index contributed by atoms with van der Waals surface area (Å²) in [5.74, 6) is 0. The van der Waals surface area contributed by atoms with Crippen LogP contribution >= 0.6 is 0 Å². The summed E-state index contributed by atoms with van der Waals surface area (Å²) >= 11 is 0. The Kier molecular flexibility index (Phi) is 3.43. The van der Waals surface area contributed by atoms with Crippen molar-refractivity contribution in [2.24, 2.45) is 0 Å². The summed E-state index contributed by atoms with van der Waals surface area (Å²) < 4.78 is 0. The fourth-order valence-corrected chi connectivity index (χ4v) is 1.30. The monoisotopic (exact) mass is 154 g/mol. The van der Waals surface area contributed by atoms with E-state index in [0.717, 1.165) is 13.2 Å². The van der Waals surface area contributed by atoms with E-state index < -0.39 is 0 Å². The second-order valence-corrected chi connectivity index (χ2v) is 3.23. The number of unbranched alkanes of at least 4 members (excludes halogenated alkanes) is 1. The fourth-order valence-electron chi connectivity index (χ4n) is 1.30. The molecular formula is C9H18N2. The van der Waals surface area contributed by atoms with Crippen LogP contribution < -0.4 is 5.32 Å². The van der Waals surface area contributed by atoms with Crippen molar-refractivity contribution in [3.8, 4) is 0 Å². The van der Waals surface area contributed by atoms with Gasteiger partial charge in [0.05, 0.1) is 6.67 Å². The normalized spacial score (nSPS) is 18.4. The maximum Gasteiger partial charge on any atom is 0.0678 e. The van der Waals surface area contributed by atoms with Gasteiger partial charge in [-0.25, -0.2) is 0 Å². The Morgan fingerprint density at radius 2 is 2.45 bits per heavy atom. The van der Waals surface area contributed by atoms with Crippen molar-refractivity contribution in [2.75, 3.05) is 19.8 Å². The third-order valence-corrected chi connectivity index (χ3v) is 1.92. The predicted molar refractivity (Wildman–Crippen MR) is 48.2 cm³/mol. The van der Waals surface area contributed by atoms with Crippen molar-refractivity contribution in [3.05, 3.63) is 11.8 Å². The minimum atomic E-state index is 1.03. The molecule has 1 rings (SSSR count). The van der Waals surface area contributed by atoms with Crippen LogP contribution in [0.3, 0.4) is 0 Å². The van der Waals surface area contributed by atoms with E-state index in [1.54, 1.807) is 0 Å². The van der Waals surface area contributed by atoms with Crippen LogP contribution in [0.1, 0.15) is 26.7 Å². The number of hydrogen-bond donors (Lipinski definition) is 1. The molecule has 0 unspecified atom stereocenters. The number of hydrogen-bond acceptors (Lipinski definition) is 2. The van der Waals surface area contributed by atoms with Crippen LogP contribution in [0.4, 0.5) is 0 Å². The van der Waals surface area contributed by atoms with Crippen molar-refractivity contribution >= 4 is 0 Å². The number of rotatable bonds is 3. The molecule has 0 saturated heterocycles. The minimum absolute atomic E-state index is 1.03. The molecule has 1 aliphatic rings. The van der Waals surface area contributed by atoms with Crippen LogP contribution in [0, 0.1) is 0 Å². The summed E-state index contributed by atoms with van der Waals surface area (Å²) in [5, 5.41) is 3.35. The highest BCUT2D eigenvalue weighted by Gasteiger charge is 2.04. The van der Waals surface area contributed by atoms with Crippen molar-refractivity contribution < 1.29 is 0 Å². The first-order chi connectivity index (χ1) is 5.33. The summed E-state index contributed by atoms with van der Waals surface area (Å²) in [6.45, 7) is 7.68. The Hall–Kier alpha value is -0.500. The van der Waals surface area contributed by atoms with Gasteiger partial charge in [0.2, 0.25) is 0 Å². The SMILES string of the molecule is CCCCN1C=C(C)CNC1. The Labute approximate surface area is 69.3 Å².